The summed E-state index contributed by atoms with van der Waals surface area (Å²) in [4.78, 5) is 0. The number of unbranched alkanes of at least 4 members (excludes halogenated alkanes) is 2. The Morgan fingerprint density at radius 3 is 2.36 bits per heavy atom. The third kappa shape index (κ3) is 9.84. The van der Waals surface area contributed by atoms with Crippen LogP contribution in [0.5, 0.6) is 0 Å². The largest absolute Gasteiger partial charge is 0.320 e. The minimum Gasteiger partial charge on any atom is -0.320 e. The van der Waals surface area contributed by atoms with E-state index in [2.05, 4.69) is 5.32 Å². The number of halogens is 1. The molecule has 0 aromatic rings. The van der Waals surface area contributed by atoms with E-state index >= 15 is 0 Å². The van der Waals surface area contributed by atoms with Crippen LogP contribution >= 0.6 is 0 Å². The van der Waals surface area contributed by atoms with Crippen LogP contribution in [0.25, 0.3) is 0 Å². The summed E-state index contributed by atoms with van der Waals surface area (Å²) in [6.07, 6.45) is 2.07. The quantitative estimate of drug-likeness (QED) is 0.486. The topological polar surface area (TPSA) is 46.2 Å². The molecule has 0 bridgehead atoms. The van der Waals surface area contributed by atoms with Gasteiger partial charge in [-0.25, -0.2) is 0 Å². The second-order valence-corrected chi connectivity index (χ2v) is 3.89. The first-order valence-electron chi connectivity index (χ1n) is 3.63. The van der Waals surface area contributed by atoms with Gasteiger partial charge in [-0.2, -0.15) is 8.42 Å². The average Bonchev–Trinajstić information content (AvgIpc) is 1.85. The van der Waals surface area contributed by atoms with Gasteiger partial charge in [-0.05, 0) is 26.4 Å². The molecule has 0 aliphatic rings. The maximum atomic E-state index is 11.9. The minimum absolute atomic E-state index is 0.337. The summed E-state index contributed by atoms with van der Waals surface area (Å²) in [5, 5.41) is 2.92. The molecule has 0 unspecified atom stereocenters. The Morgan fingerprint density at radius 2 is 1.91 bits per heavy atom. The number of hydrogen-bond donors (Lipinski definition) is 1. The second-order valence-electron chi connectivity index (χ2n) is 2.41. The van der Waals surface area contributed by atoms with Crippen molar-refractivity contribution in [2.24, 2.45) is 0 Å². The van der Waals surface area contributed by atoms with Crippen LogP contribution in [0.1, 0.15) is 19.3 Å². The molecule has 0 heterocycles. The van der Waals surface area contributed by atoms with Crippen LogP contribution in [0.4, 0.5) is 3.89 Å². The SMILES string of the molecule is CNCCCCCS(=O)(=O)F. The van der Waals surface area contributed by atoms with E-state index in [-0.39, 0.29) is 5.75 Å². The molecular formula is C6H14FNO2S. The molecule has 3 nitrogen and oxygen atoms in total. The first-order valence-corrected chi connectivity index (χ1v) is 5.18. The molecule has 5 heteroatoms. The van der Waals surface area contributed by atoms with E-state index in [1.54, 1.807) is 0 Å². The summed E-state index contributed by atoms with van der Waals surface area (Å²) in [5.74, 6) is -0.337. The molecular weight excluding hydrogens is 169 g/mol. The molecule has 0 aliphatic heterocycles. The molecule has 0 radical (unpaired) electrons. The number of nitrogens with one attached hydrogen (secondary N) is 1. The fourth-order valence-corrected chi connectivity index (χ4v) is 1.30. The zero-order valence-electron chi connectivity index (χ0n) is 6.64. The van der Waals surface area contributed by atoms with E-state index in [9.17, 15) is 12.3 Å². The van der Waals surface area contributed by atoms with E-state index in [1.807, 2.05) is 7.05 Å². The van der Waals surface area contributed by atoms with Crippen molar-refractivity contribution in [3.05, 3.63) is 0 Å². The molecule has 0 saturated heterocycles. The van der Waals surface area contributed by atoms with Gasteiger partial charge in [0.15, 0.2) is 0 Å². The van der Waals surface area contributed by atoms with Crippen molar-refractivity contribution < 1.29 is 12.3 Å². The maximum absolute atomic E-state index is 11.9. The van der Waals surface area contributed by atoms with E-state index in [1.165, 1.54) is 0 Å². The van der Waals surface area contributed by atoms with Crippen LogP contribution in [0.2, 0.25) is 0 Å². The molecule has 0 saturated carbocycles. The van der Waals surface area contributed by atoms with Crippen LogP contribution in [-0.4, -0.2) is 27.8 Å². The van der Waals surface area contributed by atoms with Gasteiger partial charge < -0.3 is 5.32 Å². The van der Waals surface area contributed by atoms with Crippen molar-refractivity contribution in [2.45, 2.75) is 19.3 Å². The molecule has 0 atom stereocenters. The molecule has 1 N–H and O–H groups in total. The molecule has 0 amide bonds. The van der Waals surface area contributed by atoms with Crippen LogP contribution in [0.15, 0.2) is 0 Å². The Bertz CT molecular complexity index is 179. The predicted octanol–water partition coefficient (Wildman–Crippen LogP) is 0.675. The zero-order valence-corrected chi connectivity index (χ0v) is 7.45. The van der Waals surface area contributed by atoms with Gasteiger partial charge in [0.1, 0.15) is 0 Å². The van der Waals surface area contributed by atoms with Crippen LogP contribution in [-0.2, 0) is 10.2 Å². The molecule has 68 valence electrons. The fourth-order valence-electron chi connectivity index (χ4n) is 0.753. The van der Waals surface area contributed by atoms with Crippen LogP contribution in [0, 0.1) is 0 Å². The highest BCUT2D eigenvalue weighted by Crippen LogP contribution is 1.99. The van der Waals surface area contributed by atoms with Crippen LogP contribution in [0.3, 0.4) is 0 Å². The monoisotopic (exact) mass is 183 g/mol. The summed E-state index contributed by atoms with van der Waals surface area (Å²) in [5.41, 5.74) is 0. The number of rotatable bonds is 6. The summed E-state index contributed by atoms with van der Waals surface area (Å²) < 4.78 is 31.8. The molecule has 11 heavy (non-hydrogen) atoms. The zero-order chi connectivity index (χ0) is 8.74. The van der Waals surface area contributed by atoms with Gasteiger partial charge in [-0.1, -0.05) is 6.42 Å². The van der Waals surface area contributed by atoms with Gasteiger partial charge in [0, 0.05) is 0 Å². The normalized spacial score (nSPS) is 11.8. The first-order chi connectivity index (χ1) is 5.06. The summed E-state index contributed by atoms with van der Waals surface area (Å²) in [6.45, 7) is 0.854. The second kappa shape index (κ2) is 5.49. The fraction of sp³-hybridized carbons (Fsp3) is 1.00. The molecule has 0 fully saturated rings. The highest BCUT2D eigenvalue weighted by Gasteiger charge is 2.04. The smallest absolute Gasteiger partial charge is 0.302 e. The molecule has 0 spiro atoms. The van der Waals surface area contributed by atoms with E-state index < -0.39 is 10.2 Å². The van der Waals surface area contributed by atoms with E-state index in [4.69, 9.17) is 0 Å². The van der Waals surface area contributed by atoms with Crippen molar-refractivity contribution >= 4 is 10.2 Å². The average molecular weight is 183 g/mol. The first kappa shape index (κ1) is 10.8. The van der Waals surface area contributed by atoms with Crippen molar-refractivity contribution in [2.75, 3.05) is 19.3 Å². The molecule has 0 rings (SSSR count). The van der Waals surface area contributed by atoms with Crippen molar-refractivity contribution in [1.82, 2.24) is 5.32 Å². The van der Waals surface area contributed by atoms with Gasteiger partial charge in [0.25, 0.3) is 0 Å². The van der Waals surface area contributed by atoms with Crippen molar-refractivity contribution in [3.8, 4) is 0 Å². The van der Waals surface area contributed by atoms with Gasteiger partial charge >= 0.3 is 10.2 Å². The number of hydrogen-bond acceptors (Lipinski definition) is 3. The molecule has 0 aromatic carbocycles. The lowest BCUT2D eigenvalue weighted by Gasteiger charge is -1.97. The summed E-state index contributed by atoms with van der Waals surface area (Å²) >= 11 is 0. The summed E-state index contributed by atoms with van der Waals surface area (Å²) in [6, 6.07) is 0. The van der Waals surface area contributed by atoms with Gasteiger partial charge in [0.2, 0.25) is 0 Å². The highest BCUT2D eigenvalue weighted by atomic mass is 32.3. The summed E-state index contributed by atoms with van der Waals surface area (Å²) in [7, 11) is -2.41. The third-order valence-corrected chi connectivity index (χ3v) is 2.09. The minimum atomic E-state index is -4.23. The van der Waals surface area contributed by atoms with Gasteiger partial charge in [-0.3, -0.25) is 0 Å². The Kier molecular flexibility index (Phi) is 5.41. The van der Waals surface area contributed by atoms with Gasteiger partial charge in [0.05, 0.1) is 5.75 Å². The van der Waals surface area contributed by atoms with E-state index in [0.29, 0.717) is 6.42 Å². The Morgan fingerprint density at radius 1 is 1.27 bits per heavy atom. The maximum Gasteiger partial charge on any atom is 0.302 e. The molecule has 0 aromatic heterocycles. The van der Waals surface area contributed by atoms with Crippen molar-refractivity contribution in [3.63, 3.8) is 0 Å². The highest BCUT2D eigenvalue weighted by molar-refractivity contribution is 7.86. The lowest BCUT2D eigenvalue weighted by atomic mass is 10.2. The Labute approximate surface area is 67.2 Å². The lowest BCUT2D eigenvalue weighted by molar-refractivity contribution is 0.545. The Balaban J connectivity index is 3.16. The van der Waals surface area contributed by atoms with E-state index in [0.717, 1.165) is 19.4 Å². The van der Waals surface area contributed by atoms with Crippen LogP contribution < -0.4 is 5.32 Å². The Hall–Kier alpha value is -0.160. The standard InChI is InChI=1S/C6H14FNO2S/c1-8-5-3-2-4-6-11(7,9)10/h8H,2-6H2,1H3. The predicted molar refractivity (Wildman–Crippen MR) is 42.7 cm³/mol. The third-order valence-electron chi connectivity index (χ3n) is 1.31. The van der Waals surface area contributed by atoms with Gasteiger partial charge in [-0.15, -0.1) is 3.89 Å². The lowest BCUT2D eigenvalue weighted by Crippen LogP contribution is -2.07. The molecule has 0 aliphatic carbocycles. The van der Waals surface area contributed by atoms with Crippen molar-refractivity contribution in [1.29, 1.82) is 0 Å².